The van der Waals surface area contributed by atoms with Crippen molar-refractivity contribution in [2.75, 3.05) is 10.6 Å². The number of amides is 2. The summed E-state index contributed by atoms with van der Waals surface area (Å²) in [6.07, 6.45) is 1.43. The summed E-state index contributed by atoms with van der Waals surface area (Å²) in [5.41, 5.74) is 3.91. The van der Waals surface area contributed by atoms with E-state index in [1.807, 2.05) is 38.1 Å². The van der Waals surface area contributed by atoms with Crippen LogP contribution in [0.25, 0.3) is 21.3 Å². The maximum absolute atomic E-state index is 13.5. The number of carbonyl (C=O) groups is 2. The number of anilines is 2. The molecule has 2 aromatic heterocycles. The third kappa shape index (κ3) is 4.56. The van der Waals surface area contributed by atoms with Gasteiger partial charge in [-0.15, -0.1) is 11.3 Å². The number of aryl methyl sites for hydroxylation is 2. The molecule has 0 bridgehead atoms. The molecule has 168 valence electrons. The Morgan fingerprint density at radius 1 is 0.970 bits per heavy atom. The lowest BCUT2D eigenvalue weighted by molar-refractivity contribution is -0.119. The first-order chi connectivity index (χ1) is 15.7. The summed E-state index contributed by atoms with van der Waals surface area (Å²) >= 11 is 1.47. The van der Waals surface area contributed by atoms with Gasteiger partial charge in [0.25, 0.3) is 5.56 Å². The van der Waals surface area contributed by atoms with E-state index in [4.69, 9.17) is 0 Å². The molecule has 0 saturated heterocycles. The molecular formula is C25H24N4O3S. The van der Waals surface area contributed by atoms with Crippen LogP contribution in [-0.4, -0.2) is 21.4 Å². The first-order valence-electron chi connectivity index (χ1n) is 10.5. The normalized spacial score (nSPS) is 11.9. The summed E-state index contributed by atoms with van der Waals surface area (Å²) in [6.45, 7) is 7.09. The lowest BCUT2D eigenvalue weighted by Gasteiger charge is -2.15. The van der Waals surface area contributed by atoms with E-state index in [1.165, 1.54) is 29.2 Å². The molecule has 2 aromatic carbocycles. The van der Waals surface area contributed by atoms with Crippen LogP contribution in [-0.2, 0) is 9.59 Å². The van der Waals surface area contributed by atoms with Crippen molar-refractivity contribution in [1.82, 2.24) is 9.55 Å². The van der Waals surface area contributed by atoms with Gasteiger partial charge in [0, 0.05) is 28.7 Å². The van der Waals surface area contributed by atoms with Crippen molar-refractivity contribution in [3.63, 3.8) is 0 Å². The molecule has 8 heteroatoms. The van der Waals surface area contributed by atoms with Crippen molar-refractivity contribution in [1.29, 1.82) is 0 Å². The molecule has 2 heterocycles. The summed E-state index contributed by atoms with van der Waals surface area (Å²) in [5.74, 6) is -0.509. The Bertz CT molecular complexity index is 1400. The summed E-state index contributed by atoms with van der Waals surface area (Å²) in [4.78, 5) is 43.7. The quantitative estimate of drug-likeness (QED) is 0.443. The predicted molar refractivity (Wildman–Crippen MR) is 133 cm³/mol. The summed E-state index contributed by atoms with van der Waals surface area (Å²) in [6, 6.07) is 14.0. The molecule has 4 aromatic rings. The Labute approximate surface area is 195 Å². The van der Waals surface area contributed by atoms with Gasteiger partial charge in [-0.2, -0.15) is 0 Å². The average Bonchev–Trinajstić information content (AvgIpc) is 3.12. The molecule has 0 aliphatic rings. The maximum Gasteiger partial charge on any atom is 0.263 e. The molecule has 0 saturated carbocycles. The van der Waals surface area contributed by atoms with Gasteiger partial charge in [-0.05, 0) is 50.6 Å². The first kappa shape index (κ1) is 22.4. The highest BCUT2D eigenvalue weighted by Gasteiger charge is 2.22. The molecule has 33 heavy (non-hydrogen) atoms. The summed E-state index contributed by atoms with van der Waals surface area (Å²) in [7, 11) is 0. The van der Waals surface area contributed by atoms with Crippen molar-refractivity contribution < 1.29 is 9.59 Å². The van der Waals surface area contributed by atoms with Crippen LogP contribution in [0, 0.1) is 13.8 Å². The number of aromatic nitrogens is 2. The number of nitrogens with zero attached hydrogens (tertiary/aromatic N) is 2. The lowest BCUT2D eigenvalue weighted by Crippen LogP contribution is -2.31. The molecule has 4 rings (SSSR count). The van der Waals surface area contributed by atoms with Crippen LogP contribution in [0.3, 0.4) is 0 Å². The van der Waals surface area contributed by atoms with E-state index in [1.54, 1.807) is 31.2 Å². The van der Waals surface area contributed by atoms with E-state index >= 15 is 0 Å². The zero-order chi connectivity index (χ0) is 23.7. The van der Waals surface area contributed by atoms with Gasteiger partial charge in [0.1, 0.15) is 10.9 Å². The average molecular weight is 461 g/mol. The van der Waals surface area contributed by atoms with E-state index in [2.05, 4.69) is 15.6 Å². The second-order valence-electron chi connectivity index (χ2n) is 7.96. The number of thiophene rings is 1. The number of fused-ring (bicyclic) bond motifs is 1. The third-order valence-corrected chi connectivity index (χ3v) is 6.44. The Morgan fingerprint density at radius 2 is 1.58 bits per heavy atom. The first-order valence-corrected chi connectivity index (χ1v) is 11.3. The smallest absolute Gasteiger partial charge is 0.263 e. The second kappa shape index (κ2) is 8.99. The van der Waals surface area contributed by atoms with E-state index in [9.17, 15) is 14.4 Å². The van der Waals surface area contributed by atoms with Crippen LogP contribution in [0.15, 0.2) is 59.7 Å². The number of hydrogen-bond acceptors (Lipinski definition) is 5. The molecule has 0 aliphatic heterocycles. The standard InChI is InChI=1S/C25H24N4O3S/c1-14-5-7-18(8-6-14)21-16(3)33-24-22(21)25(32)29(13-26-24)15(2)23(31)28-20-11-9-19(10-12-20)27-17(4)30/h5-13,15H,1-4H3,(H,27,30)(H,28,31). The number of hydrogen-bond donors (Lipinski definition) is 2. The number of rotatable bonds is 5. The van der Waals surface area contributed by atoms with Crippen LogP contribution >= 0.6 is 11.3 Å². The van der Waals surface area contributed by atoms with Gasteiger partial charge in [-0.25, -0.2) is 4.98 Å². The summed E-state index contributed by atoms with van der Waals surface area (Å²) in [5, 5.41) is 6.03. The predicted octanol–water partition coefficient (Wildman–Crippen LogP) is 4.90. The van der Waals surface area contributed by atoms with E-state index in [-0.39, 0.29) is 17.4 Å². The van der Waals surface area contributed by atoms with Gasteiger partial charge >= 0.3 is 0 Å². The fourth-order valence-electron chi connectivity index (χ4n) is 3.67. The molecule has 2 N–H and O–H groups in total. The van der Waals surface area contributed by atoms with Gasteiger partial charge in [0.2, 0.25) is 11.8 Å². The molecule has 0 fully saturated rings. The minimum absolute atomic E-state index is 0.170. The third-order valence-electron chi connectivity index (χ3n) is 5.42. The van der Waals surface area contributed by atoms with Crippen molar-refractivity contribution >= 4 is 44.7 Å². The van der Waals surface area contributed by atoms with Crippen LogP contribution in [0.5, 0.6) is 0 Å². The lowest BCUT2D eigenvalue weighted by atomic mass is 10.0. The van der Waals surface area contributed by atoms with Crippen molar-refractivity contribution in [3.05, 3.63) is 75.7 Å². The van der Waals surface area contributed by atoms with Crippen LogP contribution in [0.4, 0.5) is 11.4 Å². The van der Waals surface area contributed by atoms with Gasteiger partial charge in [0.15, 0.2) is 0 Å². The Hall–Kier alpha value is -3.78. The van der Waals surface area contributed by atoms with Crippen LogP contribution in [0.2, 0.25) is 0 Å². The molecular weight excluding hydrogens is 436 g/mol. The highest BCUT2D eigenvalue weighted by molar-refractivity contribution is 7.19. The zero-order valence-corrected chi connectivity index (χ0v) is 19.6. The molecule has 0 spiro atoms. The topological polar surface area (TPSA) is 93.1 Å². The SMILES string of the molecule is CC(=O)Nc1ccc(NC(=O)C(C)n2cnc3sc(C)c(-c4ccc(C)cc4)c3c2=O)cc1. The molecule has 0 aliphatic carbocycles. The number of carbonyl (C=O) groups excluding carboxylic acids is 2. The van der Waals surface area contributed by atoms with Gasteiger partial charge in [0.05, 0.1) is 11.7 Å². The zero-order valence-electron chi connectivity index (χ0n) is 18.8. The number of nitrogens with one attached hydrogen (secondary N) is 2. The molecule has 1 atom stereocenters. The largest absolute Gasteiger partial charge is 0.326 e. The number of benzene rings is 2. The minimum atomic E-state index is -0.768. The van der Waals surface area contributed by atoms with E-state index in [0.29, 0.717) is 21.6 Å². The summed E-state index contributed by atoms with van der Waals surface area (Å²) < 4.78 is 1.37. The molecule has 1 unspecified atom stereocenters. The monoisotopic (exact) mass is 460 g/mol. The minimum Gasteiger partial charge on any atom is -0.326 e. The molecule has 7 nitrogen and oxygen atoms in total. The Morgan fingerprint density at radius 3 is 2.18 bits per heavy atom. The fraction of sp³-hybridized carbons (Fsp3) is 0.200. The Kier molecular flexibility index (Phi) is 6.11. The van der Waals surface area contributed by atoms with Gasteiger partial charge < -0.3 is 10.6 Å². The van der Waals surface area contributed by atoms with Crippen LogP contribution in [0.1, 0.15) is 30.3 Å². The highest BCUT2D eigenvalue weighted by Crippen LogP contribution is 2.35. The molecule has 0 radical (unpaired) electrons. The van der Waals surface area contributed by atoms with Gasteiger partial charge in [-0.3, -0.25) is 19.0 Å². The maximum atomic E-state index is 13.5. The van der Waals surface area contributed by atoms with E-state index in [0.717, 1.165) is 21.6 Å². The fourth-order valence-corrected chi connectivity index (χ4v) is 4.68. The van der Waals surface area contributed by atoms with E-state index < -0.39 is 6.04 Å². The molecule has 2 amide bonds. The van der Waals surface area contributed by atoms with Crippen molar-refractivity contribution in [3.8, 4) is 11.1 Å². The Balaban J connectivity index is 1.65. The second-order valence-corrected chi connectivity index (χ2v) is 9.16. The van der Waals surface area contributed by atoms with Crippen molar-refractivity contribution in [2.24, 2.45) is 0 Å². The van der Waals surface area contributed by atoms with Gasteiger partial charge in [-0.1, -0.05) is 29.8 Å². The van der Waals surface area contributed by atoms with Crippen molar-refractivity contribution in [2.45, 2.75) is 33.7 Å². The highest BCUT2D eigenvalue weighted by atomic mass is 32.1. The van der Waals surface area contributed by atoms with Crippen LogP contribution < -0.4 is 16.2 Å².